The second kappa shape index (κ2) is 6.40. The molecular weight excluding hydrogens is 279 g/mol. The largest absolute Gasteiger partial charge is 0.271 e. The first-order chi connectivity index (χ1) is 9.13. The number of nitrogens with one attached hydrogen (secondary N) is 1. The molecule has 0 saturated heterocycles. The number of halogens is 2. The minimum Gasteiger partial charge on any atom is -0.271 e. The highest BCUT2D eigenvalue weighted by Gasteiger charge is 2.15. The topological polar surface area (TPSA) is 38.0 Å². The van der Waals surface area contributed by atoms with Crippen molar-refractivity contribution in [2.24, 2.45) is 5.84 Å². The Bertz CT molecular complexity index is 570. The van der Waals surface area contributed by atoms with Gasteiger partial charge < -0.3 is 0 Å². The van der Waals surface area contributed by atoms with E-state index >= 15 is 0 Å². The number of benzene rings is 2. The van der Waals surface area contributed by atoms with E-state index in [4.69, 9.17) is 29.0 Å². The lowest BCUT2D eigenvalue weighted by atomic mass is 9.96. The first-order valence-electron chi connectivity index (χ1n) is 6.08. The number of hydrazine groups is 1. The van der Waals surface area contributed by atoms with Gasteiger partial charge in [-0.1, -0.05) is 53.5 Å². The van der Waals surface area contributed by atoms with Crippen LogP contribution in [0, 0.1) is 6.92 Å². The Balaban J connectivity index is 2.31. The highest BCUT2D eigenvalue weighted by atomic mass is 35.5. The summed E-state index contributed by atoms with van der Waals surface area (Å²) in [6.45, 7) is 1.99. The van der Waals surface area contributed by atoms with E-state index in [9.17, 15) is 0 Å². The lowest BCUT2D eigenvalue weighted by Crippen LogP contribution is -2.30. The molecule has 0 radical (unpaired) electrons. The molecule has 1 atom stereocenters. The zero-order chi connectivity index (χ0) is 13.8. The third-order valence-corrected chi connectivity index (χ3v) is 4.05. The van der Waals surface area contributed by atoms with Crippen LogP contribution >= 0.6 is 23.2 Å². The van der Waals surface area contributed by atoms with Gasteiger partial charge in [0.1, 0.15) is 0 Å². The van der Waals surface area contributed by atoms with Gasteiger partial charge in [0.15, 0.2) is 0 Å². The molecule has 0 heterocycles. The van der Waals surface area contributed by atoms with Crippen LogP contribution in [0.15, 0.2) is 42.5 Å². The van der Waals surface area contributed by atoms with Gasteiger partial charge in [0.2, 0.25) is 0 Å². The third kappa shape index (κ3) is 3.28. The van der Waals surface area contributed by atoms with Crippen molar-refractivity contribution in [3.63, 3.8) is 0 Å². The highest BCUT2D eigenvalue weighted by molar-refractivity contribution is 6.31. The maximum Gasteiger partial charge on any atom is 0.0503 e. The minimum atomic E-state index is -0.0152. The van der Waals surface area contributed by atoms with Crippen LogP contribution in [0.3, 0.4) is 0 Å². The van der Waals surface area contributed by atoms with Crippen LogP contribution in [-0.2, 0) is 6.42 Å². The standard InChI is InChI=1S/C15H16Cl2N2/c1-10-12(6-4-8-13(10)16)15(19-18)9-11-5-2-3-7-14(11)17/h2-8,15,19H,9,18H2,1H3. The molecule has 0 aliphatic heterocycles. The van der Waals surface area contributed by atoms with E-state index in [1.165, 1.54) is 0 Å². The summed E-state index contributed by atoms with van der Waals surface area (Å²) in [5.74, 6) is 5.69. The Morgan fingerprint density at radius 3 is 2.42 bits per heavy atom. The number of nitrogens with two attached hydrogens (primary N) is 1. The lowest BCUT2D eigenvalue weighted by Gasteiger charge is -2.20. The van der Waals surface area contributed by atoms with Gasteiger partial charge in [0.25, 0.3) is 0 Å². The van der Waals surface area contributed by atoms with Crippen molar-refractivity contribution in [3.8, 4) is 0 Å². The van der Waals surface area contributed by atoms with Crippen LogP contribution in [0.5, 0.6) is 0 Å². The Hall–Kier alpha value is -1.06. The Morgan fingerprint density at radius 1 is 1.05 bits per heavy atom. The smallest absolute Gasteiger partial charge is 0.0503 e. The normalized spacial score (nSPS) is 12.4. The molecule has 3 N–H and O–H groups in total. The molecule has 0 spiro atoms. The predicted octanol–water partition coefficient (Wildman–Crippen LogP) is 4.05. The second-order valence-electron chi connectivity index (χ2n) is 4.47. The van der Waals surface area contributed by atoms with Crippen molar-refractivity contribution in [1.82, 2.24) is 5.43 Å². The molecule has 0 amide bonds. The van der Waals surface area contributed by atoms with E-state index in [1.807, 2.05) is 49.4 Å². The molecule has 0 aliphatic carbocycles. The SMILES string of the molecule is Cc1c(Cl)cccc1C(Cc1ccccc1Cl)NN. The fraction of sp³-hybridized carbons (Fsp3) is 0.200. The van der Waals surface area contributed by atoms with Gasteiger partial charge in [-0.2, -0.15) is 0 Å². The molecule has 0 saturated carbocycles. The van der Waals surface area contributed by atoms with Crippen LogP contribution in [0.1, 0.15) is 22.7 Å². The molecule has 100 valence electrons. The highest BCUT2D eigenvalue weighted by Crippen LogP contribution is 2.28. The van der Waals surface area contributed by atoms with E-state index in [1.54, 1.807) is 0 Å². The van der Waals surface area contributed by atoms with Crippen LogP contribution in [-0.4, -0.2) is 0 Å². The summed E-state index contributed by atoms with van der Waals surface area (Å²) >= 11 is 12.3. The summed E-state index contributed by atoms with van der Waals surface area (Å²) in [4.78, 5) is 0. The van der Waals surface area contributed by atoms with Gasteiger partial charge >= 0.3 is 0 Å². The van der Waals surface area contributed by atoms with E-state index in [-0.39, 0.29) is 6.04 Å². The van der Waals surface area contributed by atoms with Gasteiger partial charge in [-0.05, 0) is 42.2 Å². The minimum absolute atomic E-state index is 0.0152. The summed E-state index contributed by atoms with van der Waals surface area (Å²) in [5.41, 5.74) is 6.04. The molecule has 2 aromatic rings. The van der Waals surface area contributed by atoms with Crippen LogP contribution < -0.4 is 11.3 Å². The van der Waals surface area contributed by atoms with Crippen molar-refractivity contribution in [3.05, 3.63) is 69.2 Å². The fourth-order valence-corrected chi connectivity index (χ4v) is 2.54. The van der Waals surface area contributed by atoms with E-state index in [0.29, 0.717) is 0 Å². The zero-order valence-electron chi connectivity index (χ0n) is 10.7. The van der Waals surface area contributed by atoms with E-state index < -0.39 is 0 Å². The van der Waals surface area contributed by atoms with Gasteiger partial charge in [0, 0.05) is 10.0 Å². The molecule has 1 unspecified atom stereocenters. The van der Waals surface area contributed by atoms with Crippen LogP contribution in [0.4, 0.5) is 0 Å². The predicted molar refractivity (Wildman–Crippen MR) is 81.4 cm³/mol. The molecule has 2 rings (SSSR count). The molecule has 2 nitrogen and oxygen atoms in total. The van der Waals surface area contributed by atoms with Gasteiger partial charge in [0.05, 0.1) is 6.04 Å². The summed E-state index contributed by atoms with van der Waals surface area (Å²) < 4.78 is 0. The first kappa shape index (κ1) is 14.4. The van der Waals surface area contributed by atoms with Crippen molar-refractivity contribution in [2.45, 2.75) is 19.4 Å². The van der Waals surface area contributed by atoms with Crippen molar-refractivity contribution in [1.29, 1.82) is 0 Å². The lowest BCUT2D eigenvalue weighted by molar-refractivity contribution is 0.549. The summed E-state index contributed by atoms with van der Waals surface area (Å²) in [6, 6.07) is 13.6. The van der Waals surface area contributed by atoms with Crippen molar-refractivity contribution >= 4 is 23.2 Å². The van der Waals surface area contributed by atoms with E-state index in [0.717, 1.165) is 33.2 Å². The zero-order valence-corrected chi connectivity index (χ0v) is 12.2. The van der Waals surface area contributed by atoms with Crippen molar-refractivity contribution < 1.29 is 0 Å². The Labute approximate surface area is 123 Å². The monoisotopic (exact) mass is 294 g/mol. The van der Waals surface area contributed by atoms with Crippen LogP contribution in [0.25, 0.3) is 0 Å². The molecule has 0 bridgehead atoms. The summed E-state index contributed by atoms with van der Waals surface area (Å²) in [6.07, 6.45) is 0.720. The fourth-order valence-electron chi connectivity index (χ4n) is 2.14. The molecule has 2 aromatic carbocycles. The van der Waals surface area contributed by atoms with Gasteiger partial charge in [-0.3, -0.25) is 11.3 Å². The Morgan fingerprint density at radius 2 is 1.74 bits per heavy atom. The van der Waals surface area contributed by atoms with Crippen molar-refractivity contribution in [2.75, 3.05) is 0 Å². The molecule has 19 heavy (non-hydrogen) atoms. The molecule has 0 fully saturated rings. The van der Waals surface area contributed by atoms with Gasteiger partial charge in [-0.25, -0.2) is 0 Å². The molecular formula is C15H16Cl2N2. The second-order valence-corrected chi connectivity index (χ2v) is 5.28. The van der Waals surface area contributed by atoms with E-state index in [2.05, 4.69) is 5.43 Å². The third-order valence-electron chi connectivity index (χ3n) is 3.27. The number of hydrogen-bond donors (Lipinski definition) is 2. The van der Waals surface area contributed by atoms with Gasteiger partial charge in [-0.15, -0.1) is 0 Å². The molecule has 0 aliphatic rings. The number of hydrogen-bond acceptors (Lipinski definition) is 2. The summed E-state index contributed by atoms with van der Waals surface area (Å²) in [7, 11) is 0. The average molecular weight is 295 g/mol. The quantitative estimate of drug-likeness (QED) is 0.659. The first-order valence-corrected chi connectivity index (χ1v) is 6.83. The van der Waals surface area contributed by atoms with Crippen LogP contribution in [0.2, 0.25) is 10.0 Å². The molecule has 0 aromatic heterocycles. The number of rotatable bonds is 4. The maximum absolute atomic E-state index is 6.19. The summed E-state index contributed by atoms with van der Waals surface area (Å²) in [5, 5.41) is 1.50. The Kier molecular flexibility index (Phi) is 4.83. The average Bonchev–Trinajstić information content (AvgIpc) is 2.41. The maximum atomic E-state index is 6.19. The molecule has 4 heteroatoms.